The van der Waals surface area contributed by atoms with Crippen molar-refractivity contribution in [2.45, 2.75) is 50.9 Å². The van der Waals surface area contributed by atoms with Gasteiger partial charge in [-0.2, -0.15) is 0 Å². The van der Waals surface area contributed by atoms with Crippen LogP contribution in [0, 0.1) is 0 Å². The molecule has 0 amide bonds. The molecule has 1 spiro atoms. The molecule has 2 aliphatic heterocycles. The van der Waals surface area contributed by atoms with Gasteiger partial charge in [0.2, 0.25) is 0 Å². The Bertz CT molecular complexity index is 508. The molecular formula is C17H26N2O2. The molecule has 0 saturated carbocycles. The molecule has 1 atom stereocenters. The van der Waals surface area contributed by atoms with E-state index in [2.05, 4.69) is 18.0 Å². The molecule has 3 rings (SSSR count). The molecule has 2 aliphatic rings. The van der Waals surface area contributed by atoms with Crippen molar-refractivity contribution < 1.29 is 9.47 Å². The number of likely N-dealkylation sites (tertiary alicyclic amines) is 1. The molecule has 1 saturated heterocycles. The van der Waals surface area contributed by atoms with E-state index in [-0.39, 0.29) is 17.7 Å². The van der Waals surface area contributed by atoms with Crippen molar-refractivity contribution in [3.63, 3.8) is 0 Å². The summed E-state index contributed by atoms with van der Waals surface area (Å²) in [5.41, 5.74) is 7.42. The van der Waals surface area contributed by atoms with E-state index in [1.165, 1.54) is 0 Å². The van der Waals surface area contributed by atoms with Crippen LogP contribution in [0.1, 0.15) is 44.7 Å². The van der Waals surface area contributed by atoms with Crippen molar-refractivity contribution in [1.29, 1.82) is 0 Å². The van der Waals surface area contributed by atoms with Crippen LogP contribution in [0.25, 0.3) is 0 Å². The highest BCUT2D eigenvalue weighted by Gasteiger charge is 2.41. The van der Waals surface area contributed by atoms with Crippen LogP contribution in [0.2, 0.25) is 0 Å². The molecule has 21 heavy (non-hydrogen) atoms. The van der Waals surface area contributed by atoms with E-state index >= 15 is 0 Å². The Morgan fingerprint density at radius 2 is 2.05 bits per heavy atom. The molecule has 0 aliphatic carbocycles. The van der Waals surface area contributed by atoms with Crippen molar-refractivity contribution >= 4 is 0 Å². The van der Waals surface area contributed by atoms with Crippen molar-refractivity contribution in [2.75, 3.05) is 20.1 Å². The van der Waals surface area contributed by atoms with Crippen LogP contribution in [0.5, 0.6) is 11.5 Å². The molecule has 1 aromatic rings. The highest BCUT2D eigenvalue weighted by molar-refractivity contribution is 5.44. The van der Waals surface area contributed by atoms with Gasteiger partial charge >= 0.3 is 0 Å². The van der Waals surface area contributed by atoms with Gasteiger partial charge in [0, 0.05) is 37.2 Å². The van der Waals surface area contributed by atoms with Gasteiger partial charge in [0.05, 0.1) is 6.10 Å². The zero-order chi connectivity index (χ0) is 15.0. The molecular weight excluding hydrogens is 264 g/mol. The lowest BCUT2D eigenvalue weighted by molar-refractivity contribution is -0.0166. The third-order valence-corrected chi connectivity index (χ3v) is 4.57. The first-order valence-corrected chi connectivity index (χ1v) is 7.91. The minimum atomic E-state index is -0.0879. The number of benzene rings is 1. The number of nitrogens with two attached hydrogens (primary N) is 1. The van der Waals surface area contributed by atoms with Gasteiger partial charge in [-0.25, -0.2) is 0 Å². The Balaban J connectivity index is 1.85. The first-order chi connectivity index (χ1) is 9.97. The molecule has 1 unspecified atom stereocenters. The lowest BCUT2D eigenvalue weighted by atomic mass is 9.81. The lowest BCUT2D eigenvalue weighted by Crippen LogP contribution is -2.50. The van der Waals surface area contributed by atoms with Crippen LogP contribution in [-0.2, 0) is 0 Å². The van der Waals surface area contributed by atoms with E-state index < -0.39 is 0 Å². The Labute approximate surface area is 127 Å². The van der Waals surface area contributed by atoms with Crippen molar-refractivity contribution in [1.82, 2.24) is 4.90 Å². The second kappa shape index (κ2) is 5.50. The molecule has 4 heteroatoms. The number of hydrogen-bond donors (Lipinski definition) is 1. The number of nitrogens with zero attached hydrogens (tertiary/aromatic N) is 1. The molecule has 0 bridgehead atoms. The summed E-state index contributed by atoms with van der Waals surface area (Å²) in [6.07, 6.45) is 3.17. The van der Waals surface area contributed by atoms with Gasteiger partial charge < -0.3 is 20.1 Å². The predicted molar refractivity (Wildman–Crippen MR) is 83.8 cm³/mol. The van der Waals surface area contributed by atoms with Crippen LogP contribution in [0.4, 0.5) is 0 Å². The largest absolute Gasteiger partial charge is 0.491 e. The zero-order valence-corrected chi connectivity index (χ0v) is 13.3. The number of ether oxygens (including phenoxy) is 2. The van der Waals surface area contributed by atoms with Crippen LogP contribution in [0.15, 0.2) is 18.2 Å². The number of piperidine rings is 1. The Kier molecular flexibility index (Phi) is 3.84. The number of rotatable bonds is 2. The van der Waals surface area contributed by atoms with E-state index in [1.54, 1.807) is 0 Å². The fraction of sp³-hybridized carbons (Fsp3) is 0.647. The zero-order valence-electron chi connectivity index (χ0n) is 13.3. The van der Waals surface area contributed by atoms with Crippen LogP contribution in [0.3, 0.4) is 0 Å². The molecule has 2 N–H and O–H groups in total. The van der Waals surface area contributed by atoms with Crippen molar-refractivity contribution in [3.05, 3.63) is 23.8 Å². The number of hydrogen-bond acceptors (Lipinski definition) is 4. The summed E-state index contributed by atoms with van der Waals surface area (Å²) in [6.45, 7) is 6.21. The fourth-order valence-electron chi connectivity index (χ4n) is 3.37. The average molecular weight is 290 g/mol. The predicted octanol–water partition coefficient (Wildman–Crippen LogP) is 2.72. The van der Waals surface area contributed by atoms with Gasteiger partial charge in [-0.05, 0) is 39.8 Å². The molecule has 1 aromatic carbocycles. The van der Waals surface area contributed by atoms with Crippen LogP contribution >= 0.6 is 0 Å². The SMILES string of the molecule is CC(C)Oc1ccc2c(c1)OC1(CCN(C)CC1)CC2N. The topological polar surface area (TPSA) is 47.7 Å². The second-order valence-corrected chi connectivity index (χ2v) is 6.77. The van der Waals surface area contributed by atoms with E-state index in [0.29, 0.717) is 0 Å². The first-order valence-electron chi connectivity index (χ1n) is 7.91. The number of fused-ring (bicyclic) bond motifs is 1. The molecule has 1 fully saturated rings. The third-order valence-electron chi connectivity index (χ3n) is 4.57. The summed E-state index contributed by atoms with van der Waals surface area (Å²) >= 11 is 0. The lowest BCUT2D eigenvalue weighted by Gasteiger charge is -2.45. The van der Waals surface area contributed by atoms with Gasteiger partial charge in [-0.1, -0.05) is 6.07 Å². The summed E-state index contributed by atoms with van der Waals surface area (Å²) < 4.78 is 12.2. The van der Waals surface area contributed by atoms with Crippen LogP contribution < -0.4 is 15.2 Å². The van der Waals surface area contributed by atoms with Crippen molar-refractivity contribution in [3.8, 4) is 11.5 Å². The van der Waals surface area contributed by atoms with E-state index in [4.69, 9.17) is 15.2 Å². The molecule has 2 heterocycles. The van der Waals surface area contributed by atoms with Gasteiger partial charge in [0.15, 0.2) is 0 Å². The van der Waals surface area contributed by atoms with Crippen LogP contribution in [-0.4, -0.2) is 36.7 Å². The first kappa shape index (κ1) is 14.7. The maximum Gasteiger partial charge on any atom is 0.128 e. The fourth-order valence-corrected chi connectivity index (χ4v) is 3.37. The highest BCUT2D eigenvalue weighted by atomic mass is 16.5. The van der Waals surface area contributed by atoms with Gasteiger partial charge in [0.1, 0.15) is 17.1 Å². The van der Waals surface area contributed by atoms with Gasteiger partial charge in [0.25, 0.3) is 0 Å². The normalized spacial score (nSPS) is 24.7. The molecule has 0 radical (unpaired) electrons. The maximum atomic E-state index is 6.41. The highest BCUT2D eigenvalue weighted by Crippen LogP contribution is 2.44. The van der Waals surface area contributed by atoms with Crippen molar-refractivity contribution in [2.24, 2.45) is 5.73 Å². The summed E-state index contributed by atoms with van der Waals surface area (Å²) in [6, 6.07) is 6.12. The van der Waals surface area contributed by atoms with Gasteiger partial charge in [-0.3, -0.25) is 0 Å². The summed E-state index contributed by atoms with van der Waals surface area (Å²) in [4.78, 5) is 2.36. The average Bonchev–Trinajstić information content (AvgIpc) is 2.41. The molecule has 0 aromatic heterocycles. The monoisotopic (exact) mass is 290 g/mol. The molecule has 116 valence electrons. The van der Waals surface area contributed by atoms with Gasteiger partial charge in [-0.15, -0.1) is 0 Å². The third kappa shape index (κ3) is 3.01. The second-order valence-electron chi connectivity index (χ2n) is 6.77. The quantitative estimate of drug-likeness (QED) is 0.910. The summed E-state index contributed by atoms with van der Waals surface area (Å²) in [7, 11) is 2.16. The minimum Gasteiger partial charge on any atom is -0.491 e. The standard InChI is InChI=1S/C17H26N2O2/c1-12(2)20-13-4-5-14-15(18)11-17(21-16(14)10-13)6-8-19(3)9-7-17/h4-5,10,12,15H,6-9,11,18H2,1-3H3. The summed E-state index contributed by atoms with van der Waals surface area (Å²) in [5, 5.41) is 0. The summed E-state index contributed by atoms with van der Waals surface area (Å²) in [5.74, 6) is 1.78. The maximum absolute atomic E-state index is 6.41. The van der Waals surface area contributed by atoms with E-state index in [1.807, 2.05) is 26.0 Å². The van der Waals surface area contributed by atoms with E-state index in [0.717, 1.165) is 49.4 Å². The Morgan fingerprint density at radius 3 is 2.71 bits per heavy atom. The Hall–Kier alpha value is -1.26. The van der Waals surface area contributed by atoms with E-state index in [9.17, 15) is 0 Å². The Morgan fingerprint density at radius 1 is 1.33 bits per heavy atom. The molecule has 4 nitrogen and oxygen atoms in total. The smallest absolute Gasteiger partial charge is 0.128 e. The minimum absolute atomic E-state index is 0.0604.